The third kappa shape index (κ3) is 1.25. The molecule has 0 fully saturated rings. The molecule has 1 aromatic carbocycles. The predicted molar refractivity (Wildman–Crippen MR) is 46.3 cm³/mol. The van der Waals surface area contributed by atoms with Crippen molar-refractivity contribution in [1.29, 1.82) is 5.26 Å². The highest BCUT2D eigenvalue weighted by molar-refractivity contribution is 5.59. The molecule has 2 N–H and O–H groups in total. The summed E-state index contributed by atoms with van der Waals surface area (Å²) >= 11 is 0. The summed E-state index contributed by atoms with van der Waals surface area (Å²) in [5.41, 5.74) is 7.05. The van der Waals surface area contributed by atoms with Gasteiger partial charge >= 0.3 is 0 Å². The number of hydrogen-bond donors (Lipinski definition) is 1. The zero-order chi connectivity index (χ0) is 9.26. The van der Waals surface area contributed by atoms with Crippen molar-refractivity contribution in [1.82, 2.24) is 0 Å². The number of fused-ring (bicyclic) bond motifs is 1. The lowest BCUT2D eigenvalue weighted by molar-refractivity contribution is 0.174. The molecule has 1 heterocycles. The van der Waals surface area contributed by atoms with Crippen LogP contribution >= 0.6 is 0 Å². The van der Waals surface area contributed by atoms with Crippen molar-refractivity contribution in [2.24, 2.45) is 0 Å². The highest BCUT2D eigenvalue weighted by Gasteiger charge is 2.15. The smallest absolute Gasteiger partial charge is 0.231 e. The van der Waals surface area contributed by atoms with Gasteiger partial charge in [-0.1, -0.05) is 0 Å². The van der Waals surface area contributed by atoms with E-state index in [1.165, 1.54) is 0 Å². The van der Waals surface area contributed by atoms with E-state index in [0.717, 1.165) is 5.56 Å². The number of nitrogens with zero attached hydrogens (tertiary/aromatic N) is 1. The molecule has 1 aliphatic heterocycles. The quantitative estimate of drug-likeness (QED) is 0.649. The van der Waals surface area contributed by atoms with E-state index < -0.39 is 0 Å². The molecule has 0 aromatic heterocycles. The molecule has 13 heavy (non-hydrogen) atoms. The maximum Gasteiger partial charge on any atom is 0.231 e. The first-order chi connectivity index (χ1) is 6.31. The molecule has 1 aromatic rings. The fourth-order valence-electron chi connectivity index (χ4n) is 1.24. The molecule has 0 radical (unpaired) electrons. The SMILES string of the molecule is N#CCc1cc2c(cc1N)OCO2. The summed E-state index contributed by atoms with van der Waals surface area (Å²) in [6, 6.07) is 5.48. The van der Waals surface area contributed by atoms with Gasteiger partial charge in [-0.05, 0) is 11.6 Å². The number of anilines is 1. The first-order valence-electron chi connectivity index (χ1n) is 3.86. The largest absolute Gasteiger partial charge is 0.454 e. The summed E-state index contributed by atoms with van der Waals surface area (Å²) < 4.78 is 10.3. The van der Waals surface area contributed by atoms with Crippen molar-refractivity contribution in [2.75, 3.05) is 12.5 Å². The topological polar surface area (TPSA) is 68.3 Å². The number of nitrogen functional groups attached to an aromatic ring is 1. The zero-order valence-corrected chi connectivity index (χ0v) is 6.91. The summed E-state index contributed by atoms with van der Waals surface area (Å²) in [5, 5.41) is 8.52. The van der Waals surface area contributed by atoms with E-state index in [2.05, 4.69) is 0 Å². The lowest BCUT2D eigenvalue weighted by Gasteiger charge is -2.02. The number of rotatable bonds is 1. The Labute approximate surface area is 75.5 Å². The van der Waals surface area contributed by atoms with Crippen LogP contribution in [0.3, 0.4) is 0 Å². The normalized spacial score (nSPS) is 12.5. The van der Waals surface area contributed by atoms with E-state index in [1.807, 2.05) is 6.07 Å². The van der Waals surface area contributed by atoms with Gasteiger partial charge in [0.05, 0.1) is 12.5 Å². The minimum Gasteiger partial charge on any atom is -0.454 e. The Balaban J connectivity index is 2.44. The first kappa shape index (κ1) is 7.74. The summed E-state index contributed by atoms with van der Waals surface area (Å²) in [5.74, 6) is 1.32. The Bertz CT molecular complexity index is 382. The highest BCUT2D eigenvalue weighted by atomic mass is 16.7. The Morgan fingerprint density at radius 1 is 1.38 bits per heavy atom. The van der Waals surface area contributed by atoms with Gasteiger partial charge in [0.1, 0.15) is 0 Å². The third-order valence-corrected chi connectivity index (χ3v) is 1.90. The van der Waals surface area contributed by atoms with Gasteiger partial charge in [0.25, 0.3) is 0 Å². The first-order valence-corrected chi connectivity index (χ1v) is 3.86. The van der Waals surface area contributed by atoms with Crippen LogP contribution in [0, 0.1) is 11.3 Å². The minimum atomic E-state index is 0.227. The molecule has 0 saturated carbocycles. The van der Waals surface area contributed by atoms with Crippen molar-refractivity contribution in [3.63, 3.8) is 0 Å². The lowest BCUT2D eigenvalue weighted by Crippen LogP contribution is -1.93. The van der Waals surface area contributed by atoms with Crippen LogP contribution in [-0.4, -0.2) is 6.79 Å². The average Bonchev–Trinajstić information content (AvgIpc) is 2.52. The number of hydrogen-bond acceptors (Lipinski definition) is 4. The molecule has 0 spiro atoms. The molecule has 2 rings (SSSR count). The van der Waals surface area contributed by atoms with Crippen molar-refractivity contribution in [3.8, 4) is 17.6 Å². The minimum absolute atomic E-state index is 0.227. The van der Waals surface area contributed by atoms with E-state index in [0.29, 0.717) is 23.6 Å². The standard InChI is InChI=1S/C9H8N2O2/c10-2-1-6-3-8-9(4-7(6)11)13-5-12-8/h3-4H,1,5,11H2. The second-order valence-electron chi connectivity index (χ2n) is 2.74. The van der Waals surface area contributed by atoms with Crippen molar-refractivity contribution in [3.05, 3.63) is 17.7 Å². The summed E-state index contributed by atoms with van der Waals surface area (Å²) in [6.07, 6.45) is 0.294. The summed E-state index contributed by atoms with van der Waals surface area (Å²) in [7, 11) is 0. The number of benzene rings is 1. The van der Waals surface area contributed by atoms with E-state index >= 15 is 0 Å². The fourth-order valence-corrected chi connectivity index (χ4v) is 1.24. The molecule has 0 atom stereocenters. The average molecular weight is 176 g/mol. The van der Waals surface area contributed by atoms with E-state index in [-0.39, 0.29) is 6.79 Å². The van der Waals surface area contributed by atoms with Crippen LogP contribution < -0.4 is 15.2 Å². The van der Waals surface area contributed by atoms with E-state index in [9.17, 15) is 0 Å². The maximum atomic E-state index is 8.52. The van der Waals surface area contributed by atoms with Crippen LogP contribution in [0.5, 0.6) is 11.5 Å². The van der Waals surface area contributed by atoms with Crippen LogP contribution in [0.2, 0.25) is 0 Å². The molecular weight excluding hydrogens is 168 g/mol. The van der Waals surface area contributed by atoms with Crippen LogP contribution in [-0.2, 0) is 6.42 Å². The molecule has 0 saturated heterocycles. The fraction of sp³-hybridized carbons (Fsp3) is 0.222. The van der Waals surface area contributed by atoms with Crippen molar-refractivity contribution < 1.29 is 9.47 Å². The molecular formula is C9H8N2O2. The van der Waals surface area contributed by atoms with Gasteiger partial charge < -0.3 is 15.2 Å². The predicted octanol–water partition coefficient (Wildman–Crippen LogP) is 1.06. The van der Waals surface area contributed by atoms with Gasteiger partial charge in [0.2, 0.25) is 6.79 Å². The Hall–Kier alpha value is -1.89. The van der Waals surface area contributed by atoms with Gasteiger partial charge in [-0.15, -0.1) is 0 Å². The van der Waals surface area contributed by atoms with Crippen LogP contribution in [0.4, 0.5) is 5.69 Å². The monoisotopic (exact) mass is 176 g/mol. The second kappa shape index (κ2) is 2.87. The number of ether oxygens (including phenoxy) is 2. The number of nitrogens with two attached hydrogens (primary N) is 1. The second-order valence-corrected chi connectivity index (χ2v) is 2.74. The molecule has 4 nitrogen and oxygen atoms in total. The van der Waals surface area contributed by atoms with Crippen molar-refractivity contribution >= 4 is 5.69 Å². The van der Waals surface area contributed by atoms with Gasteiger partial charge in [-0.2, -0.15) is 5.26 Å². The van der Waals surface area contributed by atoms with Gasteiger partial charge in [-0.25, -0.2) is 0 Å². The maximum absolute atomic E-state index is 8.52. The highest BCUT2D eigenvalue weighted by Crippen LogP contribution is 2.35. The van der Waals surface area contributed by atoms with E-state index in [1.54, 1.807) is 12.1 Å². The van der Waals surface area contributed by atoms with Gasteiger partial charge in [0.15, 0.2) is 11.5 Å². The lowest BCUT2D eigenvalue weighted by atomic mass is 10.1. The van der Waals surface area contributed by atoms with E-state index in [4.69, 9.17) is 20.5 Å². The molecule has 0 bridgehead atoms. The van der Waals surface area contributed by atoms with Crippen LogP contribution in [0.25, 0.3) is 0 Å². The van der Waals surface area contributed by atoms with Crippen LogP contribution in [0.1, 0.15) is 5.56 Å². The van der Waals surface area contributed by atoms with Crippen molar-refractivity contribution in [2.45, 2.75) is 6.42 Å². The van der Waals surface area contributed by atoms with Gasteiger partial charge in [0, 0.05) is 11.8 Å². The summed E-state index contributed by atoms with van der Waals surface area (Å²) in [4.78, 5) is 0. The third-order valence-electron chi connectivity index (χ3n) is 1.90. The Kier molecular flexibility index (Phi) is 1.71. The van der Waals surface area contributed by atoms with Crippen LogP contribution in [0.15, 0.2) is 12.1 Å². The Morgan fingerprint density at radius 2 is 2.08 bits per heavy atom. The van der Waals surface area contributed by atoms with Gasteiger partial charge in [-0.3, -0.25) is 0 Å². The molecule has 66 valence electrons. The number of nitriles is 1. The summed E-state index contributed by atoms with van der Waals surface area (Å²) in [6.45, 7) is 0.227. The molecule has 0 amide bonds. The molecule has 1 aliphatic rings. The molecule has 0 aliphatic carbocycles. The molecule has 0 unspecified atom stereocenters. The molecule has 4 heteroatoms. The Morgan fingerprint density at radius 3 is 2.77 bits per heavy atom. The zero-order valence-electron chi connectivity index (χ0n) is 6.91.